The third kappa shape index (κ3) is 3.38. The van der Waals surface area contributed by atoms with E-state index in [4.69, 9.17) is 14.6 Å². The summed E-state index contributed by atoms with van der Waals surface area (Å²) in [6, 6.07) is 10.9. The molecule has 0 saturated heterocycles. The molecular weight excluding hydrogens is 338 g/mol. The van der Waals surface area contributed by atoms with Crippen LogP contribution in [0.5, 0.6) is 11.5 Å². The number of carbonyl (C=O) groups excluding carboxylic acids is 1. The van der Waals surface area contributed by atoms with Gasteiger partial charge in [0.25, 0.3) is 0 Å². The number of Topliss-reactive ketones (excluding diaryl/α,β-unsaturated/α-hetero) is 1. The molecule has 1 aliphatic heterocycles. The van der Waals surface area contributed by atoms with Crippen LogP contribution in [0.3, 0.4) is 0 Å². The zero-order chi connectivity index (χ0) is 18.7. The number of hydrogen-bond donors (Lipinski definition) is 3. The first kappa shape index (κ1) is 17.5. The number of rotatable bonds is 5. The molecule has 1 heterocycles. The maximum atomic E-state index is 12.8. The largest absolute Gasteiger partial charge is 0.507 e. The van der Waals surface area contributed by atoms with Gasteiger partial charge in [0.05, 0.1) is 11.1 Å². The fourth-order valence-electron chi connectivity index (χ4n) is 2.57. The highest BCUT2D eigenvalue weighted by atomic mass is 16.7. The molecule has 1 atom stereocenters. The predicted molar refractivity (Wildman–Crippen MR) is 93.6 cm³/mol. The maximum absolute atomic E-state index is 12.8. The molecule has 26 heavy (non-hydrogen) atoms. The smallest absolute Gasteiger partial charge is 0.339 e. The Labute approximate surface area is 149 Å². The Kier molecular flexibility index (Phi) is 4.90. The molecule has 0 aliphatic carbocycles. The van der Waals surface area contributed by atoms with Crippen molar-refractivity contribution in [1.82, 2.24) is 0 Å². The van der Waals surface area contributed by atoms with Crippen molar-refractivity contribution in [2.24, 2.45) is 0 Å². The van der Waals surface area contributed by atoms with Gasteiger partial charge in [0.2, 0.25) is 6.29 Å². The summed E-state index contributed by atoms with van der Waals surface area (Å²) in [6.07, 6.45) is 0.558. The van der Waals surface area contributed by atoms with Crippen molar-refractivity contribution in [3.05, 3.63) is 65.4 Å². The number of para-hydroxylation sites is 1. The fraction of sp³-hybridized carbons (Fsp3) is 0.158. The number of fused-ring (bicyclic) bond motifs is 1. The summed E-state index contributed by atoms with van der Waals surface area (Å²) in [6.45, 7) is 2.14. The molecule has 0 radical (unpaired) electrons. The predicted octanol–water partition coefficient (Wildman–Crippen LogP) is 3.02. The van der Waals surface area contributed by atoms with Crippen LogP contribution >= 0.6 is 0 Å². The monoisotopic (exact) mass is 355 g/mol. The van der Waals surface area contributed by atoms with Crippen LogP contribution in [0.4, 0.5) is 5.69 Å². The van der Waals surface area contributed by atoms with Crippen LogP contribution in [-0.2, 0) is 4.74 Å². The summed E-state index contributed by atoms with van der Waals surface area (Å²) in [5.74, 6) is -1.38. The van der Waals surface area contributed by atoms with Crippen molar-refractivity contribution in [3.63, 3.8) is 0 Å². The van der Waals surface area contributed by atoms with Crippen LogP contribution in [0.1, 0.15) is 27.6 Å². The second-order valence-electron chi connectivity index (χ2n) is 5.51. The third-order valence-electron chi connectivity index (χ3n) is 3.82. The molecule has 7 heteroatoms. The van der Waals surface area contributed by atoms with E-state index in [1.54, 1.807) is 31.2 Å². The number of ketones is 1. The number of aromatic carboxylic acids is 1. The molecular formula is C19H17NO6. The number of nitrogens with one attached hydrogen (secondary N) is 1. The Morgan fingerprint density at radius 1 is 1.31 bits per heavy atom. The van der Waals surface area contributed by atoms with E-state index in [0.717, 1.165) is 0 Å². The SMILES string of the molecule is CCOC1Oc2ccccc2C(=O)/C1=C\Nc1ccc(O)c(C(=O)O)c1. The minimum Gasteiger partial charge on any atom is -0.507 e. The van der Waals surface area contributed by atoms with E-state index in [2.05, 4.69) is 5.32 Å². The summed E-state index contributed by atoms with van der Waals surface area (Å²) in [5, 5.41) is 21.5. The van der Waals surface area contributed by atoms with Gasteiger partial charge in [0.1, 0.15) is 17.1 Å². The number of aromatic hydroxyl groups is 1. The third-order valence-corrected chi connectivity index (χ3v) is 3.82. The number of hydrogen-bond acceptors (Lipinski definition) is 6. The normalized spacial score (nSPS) is 17.5. The van der Waals surface area contributed by atoms with E-state index in [9.17, 15) is 14.7 Å². The van der Waals surface area contributed by atoms with Gasteiger partial charge in [-0.25, -0.2) is 4.79 Å². The topological polar surface area (TPSA) is 105 Å². The first-order valence-electron chi connectivity index (χ1n) is 7.96. The number of carboxylic acids is 1. The highest BCUT2D eigenvalue weighted by Gasteiger charge is 2.32. The van der Waals surface area contributed by atoms with Crippen molar-refractivity contribution >= 4 is 17.4 Å². The summed E-state index contributed by atoms with van der Waals surface area (Å²) in [5.41, 5.74) is 0.838. The maximum Gasteiger partial charge on any atom is 0.339 e. The Morgan fingerprint density at radius 2 is 2.08 bits per heavy atom. The molecule has 0 saturated carbocycles. The molecule has 2 aromatic carbocycles. The molecule has 0 aromatic heterocycles. The zero-order valence-electron chi connectivity index (χ0n) is 13.9. The molecule has 3 N–H and O–H groups in total. The van der Waals surface area contributed by atoms with Crippen LogP contribution in [0.25, 0.3) is 0 Å². The van der Waals surface area contributed by atoms with Gasteiger partial charge in [-0.15, -0.1) is 0 Å². The lowest BCUT2D eigenvalue weighted by Gasteiger charge is -2.27. The van der Waals surface area contributed by atoms with Gasteiger partial charge < -0.3 is 25.0 Å². The molecule has 134 valence electrons. The molecule has 1 unspecified atom stereocenters. The number of carbonyl (C=O) groups is 2. The molecule has 0 bridgehead atoms. The quantitative estimate of drug-likeness (QED) is 0.559. The van der Waals surface area contributed by atoms with Crippen molar-refractivity contribution < 1.29 is 29.3 Å². The van der Waals surface area contributed by atoms with Gasteiger partial charge in [0, 0.05) is 18.5 Å². The molecule has 0 spiro atoms. The Morgan fingerprint density at radius 3 is 2.81 bits per heavy atom. The molecule has 7 nitrogen and oxygen atoms in total. The second-order valence-corrected chi connectivity index (χ2v) is 5.51. The fourth-order valence-corrected chi connectivity index (χ4v) is 2.57. The van der Waals surface area contributed by atoms with Crippen LogP contribution in [0.15, 0.2) is 54.2 Å². The Balaban J connectivity index is 1.92. The number of benzene rings is 2. The van der Waals surface area contributed by atoms with Gasteiger partial charge in [0.15, 0.2) is 5.78 Å². The van der Waals surface area contributed by atoms with Crippen molar-refractivity contribution in [1.29, 1.82) is 0 Å². The number of carboxylic acid groups (broad SMARTS) is 1. The van der Waals surface area contributed by atoms with Gasteiger partial charge in [-0.05, 0) is 37.3 Å². The minimum atomic E-state index is -1.25. The van der Waals surface area contributed by atoms with E-state index in [1.807, 2.05) is 0 Å². The highest BCUT2D eigenvalue weighted by molar-refractivity contribution is 6.12. The highest BCUT2D eigenvalue weighted by Crippen LogP contribution is 2.31. The lowest BCUT2D eigenvalue weighted by molar-refractivity contribution is -0.0509. The van der Waals surface area contributed by atoms with Gasteiger partial charge in [-0.2, -0.15) is 0 Å². The van der Waals surface area contributed by atoms with E-state index in [-0.39, 0.29) is 22.7 Å². The number of phenols is 1. The van der Waals surface area contributed by atoms with Crippen molar-refractivity contribution in [2.45, 2.75) is 13.2 Å². The number of anilines is 1. The van der Waals surface area contributed by atoms with E-state index in [0.29, 0.717) is 23.6 Å². The van der Waals surface area contributed by atoms with Gasteiger partial charge >= 0.3 is 5.97 Å². The summed E-state index contributed by atoms with van der Waals surface area (Å²) in [4.78, 5) is 23.9. The van der Waals surface area contributed by atoms with Crippen molar-refractivity contribution in [3.8, 4) is 11.5 Å². The zero-order valence-corrected chi connectivity index (χ0v) is 13.9. The van der Waals surface area contributed by atoms with Crippen LogP contribution < -0.4 is 10.1 Å². The molecule has 0 amide bonds. The van der Waals surface area contributed by atoms with Crippen LogP contribution in [-0.4, -0.2) is 34.9 Å². The summed E-state index contributed by atoms with van der Waals surface area (Å²) < 4.78 is 11.2. The van der Waals surface area contributed by atoms with Crippen LogP contribution in [0, 0.1) is 0 Å². The van der Waals surface area contributed by atoms with Crippen molar-refractivity contribution in [2.75, 3.05) is 11.9 Å². The molecule has 2 aromatic rings. The second kappa shape index (κ2) is 7.28. The standard InChI is InChI=1S/C19H17NO6/c1-2-25-19-14(17(22)12-5-3-4-6-16(12)26-19)10-20-11-7-8-15(21)13(9-11)18(23)24/h3-10,19-21H,2H2,1H3,(H,23,24)/b14-10+. The minimum absolute atomic E-state index is 0.241. The van der Waals surface area contributed by atoms with Gasteiger partial charge in [-0.1, -0.05) is 12.1 Å². The van der Waals surface area contributed by atoms with Crippen LogP contribution in [0.2, 0.25) is 0 Å². The Bertz CT molecular complexity index is 889. The average Bonchev–Trinajstić information content (AvgIpc) is 2.62. The average molecular weight is 355 g/mol. The summed E-state index contributed by atoms with van der Waals surface area (Å²) >= 11 is 0. The molecule has 1 aliphatic rings. The first-order valence-corrected chi connectivity index (χ1v) is 7.96. The van der Waals surface area contributed by atoms with E-state index in [1.165, 1.54) is 24.4 Å². The van der Waals surface area contributed by atoms with E-state index >= 15 is 0 Å². The van der Waals surface area contributed by atoms with E-state index < -0.39 is 12.3 Å². The lowest BCUT2D eigenvalue weighted by Crippen LogP contribution is -2.33. The van der Waals surface area contributed by atoms with Gasteiger partial charge in [-0.3, -0.25) is 4.79 Å². The lowest BCUT2D eigenvalue weighted by atomic mass is 10.00. The first-order chi connectivity index (χ1) is 12.5. The summed E-state index contributed by atoms with van der Waals surface area (Å²) in [7, 11) is 0. The molecule has 0 fully saturated rings. The molecule has 3 rings (SSSR count). The Hall–Kier alpha value is -3.32. The number of ether oxygens (including phenoxy) is 2.